The molecule has 0 bridgehead atoms. The van der Waals surface area contributed by atoms with E-state index in [-0.39, 0.29) is 11.8 Å². The van der Waals surface area contributed by atoms with Crippen LogP contribution in [0.5, 0.6) is 0 Å². The number of aromatic nitrogens is 1. The number of amides is 2. The number of ether oxygens (including phenoxy) is 1. The number of rotatable bonds is 3. The lowest BCUT2D eigenvalue weighted by molar-refractivity contribution is -0.114. The van der Waals surface area contributed by atoms with Gasteiger partial charge in [-0.05, 0) is 36.4 Å². The lowest BCUT2D eigenvalue weighted by Gasteiger charge is -2.27. The Labute approximate surface area is 173 Å². The minimum Gasteiger partial charge on any atom is -0.378 e. The molecule has 0 aliphatic carbocycles. The number of benzene rings is 2. The number of carbonyl (C=O) groups is 2. The first-order valence-electron chi connectivity index (χ1n) is 9.36. The second kappa shape index (κ2) is 8.19. The molecule has 148 valence electrons. The number of nitrogens with one attached hydrogen (secondary N) is 1. The van der Waals surface area contributed by atoms with Crippen molar-refractivity contribution in [3.8, 4) is 11.3 Å². The van der Waals surface area contributed by atoms with Crippen LogP contribution in [0.4, 0.5) is 5.69 Å². The molecule has 0 atom stereocenters. The molecule has 1 aliphatic heterocycles. The van der Waals surface area contributed by atoms with E-state index in [1.54, 1.807) is 17.0 Å². The Kier molecular flexibility index (Phi) is 5.47. The molecule has 2 aromatic carbocycles. The Hall–Kier alpha value is -2.96. The number of hydrogen-bond donors (Lipinski definition) is 1. The number of carbonyl (C=O) groups excluding carboxylic acids is 2. The molecule has 1 aromatic heterocycles. The van der Waals surface area contributed by atoms with Crippen LogP contribution in [-0.4, -0.2) is 48.0 Å². The number of halogens is 1. The first kappa shape index (κ1) is 19.4. The standard InChI is InChI=1S/C22H20ClN3O3/c1-14(27)24-17-5-2-15(3-6-17)21-13-19(22(28)26-8-10-29-11-9-26)18-12-16(23)4-7-20(18)25-21/h2-7,12-13H,8-11H2,1H3,(H,24,27). The van der Waals surface area contributed by atoms with Crippen LogP contribution in [0.1, 0.15) is 17.3 Å². The number of anilines is 1. The third kappa shape index (κ3) is 4.23. The highest BCUT2D eigenvalue weighted by Gasteiger charge is 2.22. The normalized spacial score (nSPS) is 14.1. The van der Waals surface area contributed by atoms with Gasteiger partial charge in [0.2, 0.25) is 5.91 Å². The fraction of sp³-hybridized carbons (Fsp3) is 0.227. The lowest BCUT2D eigenvalue weighted by Crippen LogP contribution is -2.40. The molecule has 0 radical (unpaired) electrons. The number of fused-ring (bicyclic) bond motifs is 1. The van der Waals surface area contributed by atoms with Crippen molar-refractivity contribution >= 4 is 40.0 Å². The second-order valence-electron chi connectivity index (χ2n) is 6.88. The van der Waals surface area contributed by atoms with E-state index in [4.69, 9.17) is 21.3 Å². The minimum atomic E-state index is -0.128. The third-order valence-corrected chi connectivity index (χ3v) is 5.04. The molecule has 1 fully saturated rings. The molecule has 4 rings (SSSR count). The quantitative estimate of drug-likeness (QED) is 0.710. The van der Waals surface area contributed by atoms with E-state index in [9.17, 15) is 9.59 Å². The molecule has 1 aliphatic rings. The maximum absolute atomic E-state index is 13.2. The summed E-state index contributed by atoms with van der Waals surface area (Å²) in [5.74, 6) is -0.184. The van der Waals surface area contributed by atoms with E-state index in [1.807, 2.05) is 36.4 Å². The largest absolute Gasteiger partial charge is 0.378 e. The molecule has 2 heterocycles. The van der Waals surface area contributed by atoms with E-state index in [0.717, 1.165) is 10.9 Å². The fourth-order valence-electron chi connectivity index (χ4n) is 3.39. The summed E-state index contributed by atoms with van der Waals surface area (Å²) in [7, 11) is 0. The Morgan fingerprint density at radius 3 is 2.48 bits per heavy atom. The van der Waals surface area contributed by atoms with Gasteiger partial charge in [-0.15, -0.1) is 0 Å². The third-order valence-electron chi connectivity index (χ3n) is 4.80. The van der Waals surface area contributed by atoms with Gasteiger partial charge in [0, 0.05) is 41.7 Å². The van der Waals surface area contributed by atoms with Gasteiger partial charge in [0.15, 0.2) is 0 Å². The van der Waals surface area contributed by atoms with Gasteiger partial charge in [0.1, 0.15) is 0 Å². The van der Waals surface area contributed by atoms with Gasteiger partial charge < -0.3 is 15.0 Å². The molecule has 29 heavy (non-hydrogen) atoms. The van der Waals surface area contributed by atoms with E-state index in [2.05, 4.69) is 5.32 Å². The minimum absolute atomic E-state index is 0.0564. The number of hydrogen-bond acceptors (Lipinski definition) is 4. The van der Waals surface area contributed by atoms with Crippen molar-refractivity contribution in [1.29, 1.82) is 0 Å². The van der Waals surface area contributed by atoms with E-state index in [1.165, 1.54) is 6.92 Å². The van der Waals surface area contributed by atoms with Gasteiger partial charge in [0.05, 0.1) is 30.0 Å². The van der Waals surface area contributed by atoms with Crippen LogP contribution < -0.4 is 5.32 Å². The molecular weight excluding hydrogens is 390 g/mol. The summed E-state index contributed by atoms with van der Waals surface area (Å²) < 4.78 is 5.37. The zero-order valence-corrected chi connectivity index (χ0v) is 16.7. The van der Waals surface area contributed by atoms with Gasteiger partial charge in [-0.1, -0.05) is 23.7 Å². The van der Waals surface area contributed by atoms with Crippen LogP contribution in [0.2, 0.25) is 5.02 Å². The average molecular weight is 410 g/mol. The van der Waals surface area contributed by atoms with Crippen molar-refractivity contribution in [3.63, 3.8) is 0 Å². The van der Waals surface area contributed by atoms with Crippen molar-refractivity contribution in [1.82, 2.24) is 9.88 Å². The number of morpholine rings is 1. The molecule has 6 nitrogen and oxygen atoms in total. The molecule has 0 unspecified atom stereocenters. The summed E-state index contributed by atoms with van der Waals surface area (Å²) in [4.78, 5) is 31.0. The molecule has 1 saturated heterocycles. The van der Waals surface area contributed by atoms with E-state index < -0.39 is 0 Å². The molecule has 2 amide bonds. The molecular formula is C22H20ClN3O3. The predicted octanol–water partition coefficient (Wildman–Crippen LogP) is 3.99. The van der Waals surface area contributed by atoms with Crippen molar-refractivity contribution in [2.24, 2.45) is 0 Å². The summed E-state index contributed by atoms with van der Waals surface area (Å²) in [5, 5.41) is 4.03. The lowest BCUT2D eigenvalue weighted by atomic mass is 10.0. The van der Waals surface area contributed by atoms with Crippen LogP contribution in [-0.2, 0) is 9.53 Å². The first-order valence-corrected chi connectivity index (χ1v) is 9.74. The second-order valence-corrected chi connectivity index (χ2v) is 7.32. The summed E-state index contributed by atoms with van der Waals surface area (Å²) in [6.07, 6.45) is 0. The Morgan fingerprint density at radius 2 is 1.79 bits per heavy atom. The SMILES string of the molecule is CC(=O)Nc1ccc(-c2cc(C(=O)N3CCOCC3)c3cc(Cl)ccc3n2)cc1. The highest BCUT2D eigenvalue weighted by atomic mass is 35.5. The maximum Gasteiger partial charge on any atom is 0.254 e. The van der Waals surface area contributed by atoms with Crippen molar-refractivity contribution in [2.75, 3.05) is 31.6 Å². The summed E-state index contributed by atoms with van der Waals surface area (Å²) in [5.41, 5.74) is 3.52. The molecule has 1 N–H and O–H groups in total. The number of nitrogens with zero attached hydrogens (tertiary/aromatic N) is 2. The van der Waals surface area contributed by atoms with Crippen LogP contribution >= 0.6 is 11.6 Å². The topological polar surface area (TPSA) is 71.5 Å². The Bertz CT molecular complexity index is 1080. The van der Waals surface area contributed by atoms with E-state index >= 15 is 0 Å². The van der Waals surface area contributed by atoms with Gasteiger partial charge in [-0.3, -0.25) is 9.59 Å². The van der Waals surface area contributed by atoms with Gasteiger partial charge >= 0.3 is 0 Å². The van der Waals surface area contributed by atoms with Crippen LogP contribution in [0.3, 0.4) is 0 Å². The molecule has 0 spiro atoms. The smallest absolute Gasteiger partial charge is 0.254 e. The van der Waals surface area contributed by atoms with Crippen LogP contribution in [0, 0.1) is 0 Å². The monoisotopic (exact) mass is 409 g/mol. The van der Waals surface area contributed by atoms with Crippen molar-refractivity contribution in [2.45, 2.75) is 6.92 Å². The Balaban J connectivity index is 1.78. The highest BCUT2D eigenvalue weighted by molar-refractivity contribution is 6.31. The summed E-state index contributed by atoms with van der Waals surface area (Å²) >= 11 is 6.19. The van der Waals surface area contributed by atoms with Gasteiger partial charge in [0.25, 0.3) is 5.91 Å². The van der Waals surface area contributed by atoms with Crippen LogP contribution in [0.15, 0.2) is 48.5 Å². The summed E-state index contributed by atoms with van der Waals surface area (Å²) in [6, 6.07) is 14.6. The predicted molar refractivity (Wildman–Crippen MR) is 113 cm³/mol. The highest BCUT2D eigenvalue weighted by Crippen LogP contribution is 2.29. The fourth-order valence-corrected chi connectivity index (χ4v) is 3.56. The summed E-state index contributed by atoms with van der Waals surface area (Å²) in [6.45, 7) is 3.65. The van der Waals surface area contributed by atoms with E-state index in [0.29, 0.717) is 53.8 Å². The van der Waals surface area contributed by atoms with Crippen molar-refractivity contribution in [3.05, 3.63) is 59.1 Å². The molecule has 7 heteroatoms. The van der Waals surface area contributed by atoms with Crippen molar-refractivity contribution < 1.29 is 14.3 Å². The first-order chi connectivity index (χ1) is 14.0. The maximum atomic E-state index is 13.2. The van der Waals surface area contributed by atoms with Gasteiger partial charge in [-0.25, -0.2) is 4.98 Å². The average Bonchev–Trinajstić information content (AvgIpc) is 2.73. The zero-order chi connectivity index (χ0) is 20.4. The van der Waals surface area contributed by atoms with Gasteiger partial charge in [-0.2, -0.15) is 0 Å². The Morgan fingerprint density at radius 1 is 1.07 bits per heavy atom. The molecule has 0 saturated carbocycles. The zero-order valence-electron chi connectivity index (χ0n) is 15.9. The van der Waals surface area contributed by atoms with Crippen LogP contribution in [0.25, 0.3) is 22.2 Å². The molecule has 3 aromatic rings. The number of pyridine rings is 1.